The maximum Gasteiger partial charge on any atom is 0.223 e. The highest BCUT2D eigenvalue weighted by atomic mass is 32.2. The molecule has 1 atom stereocenters. The zero-order chi connectivity index (χ0) is 20.1. The van der Waals surface area contributed by atoms with Gasteiger partial charge in [0.1, 0.15) is 5.03 Å². The first-order chi connectivity index (χ1) is 14.2. The highest BCUT2D eigenvalue weighted by molar-refractivity contribution is 7.99. The van der Waals surface area contributed by atoms with E-state index in [1.165, 1.54) is 5.56 Å². The number of nitrogens with one attached hydrogen (secondary N) is 1. The number of piperidine rings is 1. The van der Waals surface area contributed by atoms with Gasteiger partial charge >= 0.3 is 0 Å². The van der Waals surface area contributed by atoms with Crippen LogP contribution in [0.25, 0.3) is 0 Å². The van der Waals surface area contributed by atoms with Crippen LogP contribution in [0, 0.1) is 12.8 Å². The lowest BCUT2D eigenvalue weighted by Crippen LogP contribution is -2.42. The fraction of sp³-hybridized carbons (Fsp3) is 0.500. The summed E-state index contributed by atoms with van der Waals surface area (Å²) in [7, 11) is 0. The average molecular weight is 413 g/mol. The molecule has 0 unspecified atom stereocenters. The summed E-state index contributed by atoms with van der Waals surface area (Å²) in [4.78, 5) is 25.1. The number of amides is 1. The third-order valence-electron chi connectivity index (χ3n) is 5.58. The van der Waals surface area contributed by atoms with Crippen molar-refractivity contribution in [2.24, 2.45) is 5.92 Å². The van der Waals surface area contributed by atoms with Crippen molar-refractivity contribution in [1.82, 2.24) is 15.3 Å². The van der Waals surface area contributed by atoms with Gasteiger partial charge in [-0.2, -0.15) is 0 Å². The van der Waals surface area contributed by atoms with Gasteiger partial charge in [-0.1, -0.05) is 29.5 Å². The minimum atomic E-state index is 0.0672. The molecule has 3 heterocycles. The number of benzene rings is 1. The molecule has 1 amide bonds. The molecular weight excluding hydrogens is 384 g/mol. The number of nitrogens with zero attached hydrogens (tertiary/aromatic N) is 3. The third kappa shape index (κ3) is 5.28. The molecule has 2 aliphatic rings. The van der Waals surface area contributed by atoms with Crippen LogP contribution in [0.15, 0.2) is 46.6 Å². The Kier molecular flexibility index (Phi) is 6.67. The summed E-state index contributed by atoms with van der Waals surface area (Å²) in [5.74, 6) is 1.14. The normalized spacial score (nSPS) is 20.0. The number of carbonyl (C=O) groups is 1. The van der Waals surface area contributed by atoms with E-state index in [1.807, 2.05) is 0 Å². The molecule has 154 valence electrons. The van der Waals surface area contributed by atoms with Crippen LogP contribution in [-0.4, -0.2) is 48.2 Å². The molecule has 6 nitrogen and oxygen atoms in total. The molecule has 2 aliphatic heterocycles. The van der Waals surface area contributed by atoms with Crippen LogP contribution in [-0.2, 0) is 9.53 Å². The van der Waals surface area contributed by atoms with E-state index in [0.29, 0.717) is 6.54 Å². The molecule has 0 radical (unpaired) electrons. The lowest BCUT2D eigenvalue weighted by Gasteiger charge is -2.32. The smallest absolute Gasteiger partial charge is 0.223 e. The summed E-state index contributed by atoms with van der Waals surface area (Å²) in [6.07, 6.45) is 7.50. The Labute approximate surface area is 176 Å². The van der Waals surface area contributed by atoms with Crippen LogP contribution in [0.3, 0.4) is 0 Å². The van der Waals surface area contributed by atoms with Crippen LogP contribution in [0.4, 0.5) is 5.82 Å². The fourth-order valence-corrected chi connectivity index (χ4v) is 4.72. The maximum absolute atomic E-state index is 12.5. The first kappa shape index (κ1) is 20.2. The van der Waals surface area contributed by atoms with Gasteiger partial charge in [0.15, 0.2) is 5.82 Å². The first-order valence-electron chi connectivity index (χ1n) is 10.4. The van der Waals surface area contributed by atoms with Gasteiger partial charge in [0.25, 0.3) is 0 Å². The summed E-state index contributed by atoms with van der Waals surface area (Å²) < 4.78 is 5.59. The molecule has 1 aromatic heterocycles. The van der Waals surface area contributed by atoms with E-state index in [4.69, 9.17) is 4.74 Å². The second-order valence-corrected chi connectivity index (χ2v) is 8.80. The minimum absolute atomic E-state index is 0.0672. The fourth-order valence-electron chi connectivity index (χ4n) is 3.84. The number of aryl methyl sites for hydroxylation is 1. The van der Waals surface area contributed by atoms with Crippen molar-refractivity contribution in [3.63, 3.8) is 0 Å². The molecule has 1 N–H and O–H groups in total. The summed E-state index contributed by atoms with van der Waals surface area (Å²) in [5, 5.41) is 4.00. The Bertz CT molecular complexity index is 816. The van der Waals surface area contributed by atoms with E-state index in [2.05, 4.69) is 51.4 Å². The minimum Gasteiger partial charge on any atom is -0.376 e. The van der Waals surface area contributed by atoms with Gasteiger partial charge in [0.05, 0.1) is 6.10 Å². The quantitative estimate of drug-likeness (QED) is 0.784. The van der Waals surface area contributed by atoms with Gasteiger partial charge in [-0.15, -0.1) is 0 Å². The number of hydrogen-bond acceptors (Lipinski definition) is 6. The summed E-state index contributed by atoms with van der Waals surface area (Å²) >= 11 is 1.64. The molecule has 2 saturated heterocycles. The van der Waals surface area contributed by atoms with E-state index < -0.39 is 0 Å². The van der Waals surface area contributed by atoms with Crippen LogP contribution < -0.4 is 10.2 Å². The van der Waals surface area contributed by atoms with Gasteiger partial charge in [-0.3, -0.25) is 4.79 Å². The molecule has 1 aromatic carbocycles. The summed E-state index contributed by atoms with van der Waals surface area (Å²) in [6, 6.07) is 8.45. The van der Waals surface area contributed by atoms with Crippen molar-refractivity contribution in [1.29, 1.82) is 0 Å². The highest BCUT2D eigenvalue weighted by Crippen LogP contribution is 2.34. The monoisotopic (exact) mass is 412 g/mol. The number of rotatable bonds is 6. The van der Waals surface area contributed by atoms with Crippen LogP contribution in [0.1, 0.15) is 31.2 Å². The van der Waals surface area contributed by atoms with E-state index >= 15 is 0 Å². The third-order valence-corrected chi connectivity index (χ3v) is 6.56. The molecule has 2 fully saturated rings. The number of aromatic nitrogens is 2. The van der Waals surface area contributed by atoms with Crippen molar-refractivity contribution in [2.45, 2.75) is 48.6 Å². The molecule has 0 aliphatic carbocycles. The van der Waals surface area contributed by atoms with Crippen molar-refractivity contribution in [3.8, 4) is 0 Å². The first-order valence-corrected chi connectivity index (χ1v) is 11.2. The number of anilines is 1. The number of carbonyl (C=O) groups excluding carboxylic acids is 1. The zero-order valence-corrected chi connectivity index (χ0v) is 17.7. The Morgan fingerprint density at radius 1 is 1.17 bits per heavy atom. The standard InChI is InChI=1S/C22H28N4O2S/c1-16-4-6-19(7-5-16)29-22-20(23-10-11-24-22)26-12-8-17(9-13-26)21(27)25-15-18-3-2-14-28-18/h4-7,10-11,17-18H,2-3,8-9,12-15H2,1H3,(H,25,27)/t18-/m0/s1. The molecule has 0 spiro atoms. The molecule has 0 bridgehead atoms. The van der Waals surface area contributed by atoms with Crippen molar-refractivity contribution < 1.29 is 9.53 Å². The molecule has 0 saturated carbocycles. The largest absolute Gasteiger partial charge is 0.376 e. The van der Waals surface area contributed by atoms with E-state index in [1.54, 1.807) is 24.2 Å². The number of ether oxygens (including phenoxy) is 1. The van der Waals surface area contributed by atoms with Crippen LogP contribution in [0.2, 0.25) is 0 Å². The van der Waals surface area contributed by atoms with Crippen molar-refractivity contribution in [3.05, 3.63) is 42.2 Å². The van der Waals surface area contributed by atoms with E-state index in [-0.39, 0.29) is 17.9 Å². The molecular formula is C22H28N4O2S. The summed E-state index contributed by atoms with van der Waals surface area (Å²) in [5.41, 5.74) is 1.24. The molecule has 7 heteroatoms. The second kappa shape index (κ2) is 9.59. The van der Waals surface area contributed by atoms with Crippen LogP contribution >= 0.6 is 11.8 Å². The topological polar surface area (TPSA) is 67.4 Å². The van der Waals surface area contributed by atoms with Gasteiger partial charge in [0, 0.05) is 49.4 Å². The Morgan fingerprint density at radius 3 is 2.66 bits per heavy atom. The van der Waals surface area contributed by atoms with Gasteiger partial charge < -0.3 is 15.0 Å². The predicted octanol–water partition coefficient (Wildman–Crippen LogP) is 3.45. The van der Waals surface area contributed by atoms with Crippen LogP contribution in [0.5, 0.6) is 0 Å². The van der Waals surface area contributed by atoms with E-state index in [9.17, 15) is 4.79 Å². The predicted molar refractivity (Wildman–Crippen MR) is 114 cm³/mol. The van der Waals surface area contributed by atoms with Gasteiger partial charge in [-0.05, 0) is 44.7 Å². The number of hydrogen-bond donors (Lipinski definition) is 1. The second-order valence-electron chi connectivity index (χ2n) is 7.74. The summed E-state index contributed by atoms with van der Waals surface area (Å²) in [6.45, 7) is 5.18. The Balaban J connectivity index is 1.33. The Morgan fingerprint density at radius 2 is 1.93 bits per heavy atom. The molecule has 4 rings (SSSR count). The lowest BCUT2D eigenvalue weighted by molar-refractivity contribution is -0.126. The van der Waals surface area contributed by atoms with Crippen molar-refractivity contribution >= 4 is 23.5 Å². The van der Waals surface area contributed by atoms with E-state index in [0.717, 1.165) is 61.1 Å². The molecule has 2 aromatic rings. The van der Waals surface area contributed by atoms with Gasteiger partial charge in [0.2, 0.25) is 5.91 Å². The average Bonchev–Trinajstić information content (AvgIpc) is 3.28. The highest BCUT2D eigenvalue weighted by Gasteiger charge is 2.28. The molecule has 29 heavy (non-hydrogen) atoms. The SMILES string of the molecule is Cc1ccc(Sc2nccnc2N2CCC(C(=O)NC[C@@H]3CCCO3)CC2)cc1. The van der Waals surface area contributed by atoms with Gasteiger partial charge in [-0.25, -0.2) is 9.97 Å². The maximum atomic E-state index is 12.5. The van der Waals surface area contributed by atoms with Crippen molar-refractivity contribution in [2.75, 3.05) is 31.1 Å². The Hall–Kier alpha value is -2.12. The zero-order valence-electron chi connectivity index (χ0n) is 16.8. The lowest BCUT2D eigenvalue weighted by atomic mass is 9.96.